The molecule has 1 rings (SSSR count). The molecule has 1 aliphatic rings. The molecule has 1 fully saturated rings. The number of hydrogen-bond acceptors (Lipinski definition) is 4. The van der Waals surface area contributed by atoms with E-state index < -0.39 is 0 Å². The molecule has 1 atom stereocenters. The van der Waals surface area contributed by atoms with Crippen molar-refractivity contribution in [3.8, 4) is 0 Å². The molecule has 1 saturated heterocycles. The lowest BCUT2D eigenvalue weighted by Gasteiger charge is -2.16. The molecular formula is C13H29Cl2N3O2. The average molecular weight is 330 g/mol. The summed E-state index contributed by atoms with van der Waals surface area (Å²) in [7, 11) is 3.74. The van der Waals surface area contributed by atoms with Crippen molar-refractivity contribution in [1.82, 2.24) is 15.5 Å². The molecule has 0 radical (unpaired) electrons. The van der Waals surface area contributed by atoms with Gasteiger partial charge < -0.3 is 20.3 Å². The summed E-state index contributed by atoms with van der Waals surface area (Å²) in [5, 5.41) is 6.30. The number of likely N-dealkylation sites (N-methyl/N-ethyl adjacent to an activating group) is 1. The highest BCUT2D eigenvalue weighted by Gasteiger charge is 2.15. The minimum Gasteiger partial charge on any atom is -0.383 e. The van der Waals surface area contributed by atoms with Gasteiger partial charge in [0, 0.05) is 33.2 Å². The fourth-order valence-electron chi connectivity index (χ4n) is 2.13. The van der Waals surface area contributed by atoms with Crippen molar-refractivity contribution >= 4 is 30.7 Å². The SMILES string of the molecule is COCCN(C)CCNC(=O)CCC1CCNC1.Cl.Cl. The standard InChI is InChI=1S/C13H27N3O2.2ClH/c1-16(9-10-18-2)8-7-15-13(17)4-3-12-5-6-14-11-12;;/h12,14H,3-11H2,1-2H3,(H,15,17);2*1H. The zero-order valence-corrected chi connectivity index (χ0v) is 14.2. The van der Waals surface area contributed by atoms with Crippen LogP contribution < -0.4 is 10.6 Å². The normalized spacial score (nSPS) is 17.4. The predicted octanol–water partition coefficient (Wildman–Crippen LogP) is 0.914. The minimum atomic E-state index is 0. The third-order valence-electron chi connectivity index (χ3n) is 3.43. The monoisotopic (exact) mass is 329 g/mol. The molecule has 0 bridgehead atoms. The van der Waals surface area contributed by atoms with E-state index in [9.17, 15) is 4.79 Å². The van der Waals surface area contributed by atoms with E-state index in [1.807, 2.05) is 7.05 Å². The van der Waals surface area contributed by atoms with Crippen molar-refractivity contribution in [2.24, 2.45) is 5.92 Å². The van der Waals surface area contributed by atoms with Gasteiger partial charge in [0.05, 0.1) is 6.61 Å². The molecule has 1 heterocycles. The number of methoxy groups -OCH3 is 1. The van der Waals surface area contributed by atoms with Crippen LogP contribution in [0, 0.1) is 5.92 Å². The highest BCUT2D eigenvalue weighted by atomic mass is 35.5. The lowest BCUT2D eigenvalue weighted by Crippen LogP contribution is -2.34. The van der Waals surface area contributed by atoms with Gasteiger partial charge in [0.15, 0.2) is 0 Å². The maximum Gasteiger partial charge on any atom is 0.220 e. The highest BCUT2D eigenvalue weighted by Crippen LogP contribution is 2.13. The zero-order chi connectivity index (χ0) is 13.2. The van der Waals surface area contributed by atoms with Gasteiger partial charge in [-0.2, -0.15) is 0 Å². The number of carbonyl (C=O) groups is 1. The third-order valence-corrected chi connectivity index (χ3v) is 3.43. The summed E-state index contributed by atoms with van der Waals surface area (Å²) >= 11 is 0. The maximum absolute atomic E-state index is 11.6. The Balaban J connectivity index is 0. The number of nitrogens with one attached hydrogen (secondary N) is 2. The first-order chi connectivity index (χ1) is 8.72. The molecule has 0 aliphatic carbocycles. The molecule has 0 saturated carbocycles. The Labute approximate surface area is 135 Å². The molecule has 122 valence electrons. The quantitative estimate of drug-likeness (QED) is 0.660. The summed E-state index contributed by atoms with van der Waals surface area (Å²) in [6, 6.07) is 0. The smallest absolute Gasteiger partial charge is 0.220 e. The summed E-state index contributed by atoms with van der Waals surface area (Å²) in [4.78, 5) is 13.8. The molecule has 2 N–H and O–H groups in total. The van der Waals surface area contributed by atoms with E-state index in [4.69, 9.17) is 4.74 Å². The van der Waals surface area contributed by atoms with Crippen LogP contribution in [0.1, 0.15) is 19.3 Å². The molecule has 20 heavy (non-hydrogen) atoms. The van der Waals surface area contributed by atoms with Crippen molar-refractivity contribution in [2.45, 2.75) is 19.3 Å². The average Bonchev–Trinajstić information content (AvgIpc) is 2.87. The first-order valence-corrected chi connectivity index (χ1v) is 6.87. The van der Waals surface area contributed by atoms with Crippen LogP contribution in [0.3, 0.4) is 0 Å². The fraction of sp³-hybridized carbons (Fsp3) is 0.923. The number of halogens is 2. The topological polar surface area (TPSA) is 53.6 Å². The Morgan fingerprint density at radius 1 is 1.40 bits per heavy atom. The van der Waals surface area contributed by atoms with Crippen LogP contribution in [0.4, 0.5) is 0 Å². The Kier molecular flexibility index (Phi) is 15.4. The number of ether oxygens (including phenoxy) is 1. The van der Waals surface area contributed by atoms with Gasteiger partial charge in [0.25, 0.3) is 0 Å². The molecule has 1 amide bonds. The molecule has 5 nitrogen and oxygen atoms in total. The Bertz CT molecular complexity index is 240. The third kappa shape index (κ3) is 10.7. The van der Waals surface area contributed by atoms with Gasteiger partial charge in [-0.3, -0.25) is 4.79 Å². The molecule has 0 aromatic carbocycles. The highest BCUT2D eigenvalue weighted by molar-refractivity contribution is 5.85. The van der Waals surface area contributed by atoms with Crippen LogP contribution >= 0.6 is 24.8 Å². The fourth-order valence-corrected chi connectivity index (χ4v) is 2.13. The van der Waals surface area contributed by atoms with E-state index in [0.717, 1.165) is 45.8 Å². The minimum absolute atomic E-state index is 0. The lowest BCUT2D eigenvalue weighted by atomic mass is 10.0. The molecular weight excluding hydrogens is 301 g/mol. The number of amides is 1. The van der Waals surface area contributed by atoms with E-state index in [1.165, 1.54) is 6.42 Å². The van der Waals surface area contributed by atoms with Gasteiger partial charge >= 0.3 is 0 Å². The Morgan fingerprint density at radius 3 is 2.75 bits per heavy atom. The summed E-state index contributed by atoms with van der Waals surface area (Å²) in [6.45, 7) is 5.42. The number of hydrogen-bond donors (Lipinski definition) is 2. The van der Waals surface area contributed by atoms with Crippen molar-refractivity contribution in [3.63, 3.8) is 0 Å². The van der Waals surface area contributed by atoms with Gasteiger partial charge in [-0.1, -0.05) is 0 Å². The summed E-state index contributed by atoms with van der Waals surface area (Å²) < 4.78 is 5.00. The lowest BCUT2D eigenvalue weighted by molar-refractivity contribution is -0.121. The number of carbonyl (C=O) groups excluding carboxylic acids is 1. The molecule has 1 unspecified atom stereocenters. The van der Waals surface area contributed by atoms with Crippen molar-refractivity contribution in [2.75, 3.05) is 53.5 Å². The van der Waals surface area contributed by atoms with E-state index in [-0.39, 0.29) is 30.7 Å². The van der Waals surface area contributed by atoms with E-state index in [0.29, 0.717) is 12.3 Å². The van der Waals surface area contributed by atoms with Crippen LogP contribution in [0.25, 0.3) is 0 Å². The van der Waals surface area contributed by atoms with E-state index in [2.05, 4.69) is 15.5 Å². The van der Waals surface area contributed by atoms with Crippen molar-refractivity contribution < 1.29 is 9.53 Å². The van der Waals surface area contributed by atoms with E-state index >= 15 is 0 Å². The molecule has 0 aromatic rings. The Morgan fingerprint density at radius 2 is 2.15 bits per heavy atom. The maximum atomic E-state index is 11.6. The van der Waals surface area contributed by atoms with Crippen LogP contribution in [0.5, 0.6) is 0 Å². The van der Waals surface area contributed by atoms with Gasteiger partial charge in [0.1, 0.15) is 0 Å². The largest absolute Gasteiger partial charge is 0.383 e. The van der Waals surface area contributed by atoms with Crippen LogP contribution in [0.15, 0.2) is 0 Å². The van der Waals surface area contributed by atoms with Crippen LogP contribution in [-0.4, -0.2) is 64.3 Å². The Hall–Kier alpha value is -0.0700. The van der Waals surface area contributed by atoms with Crippen LogP contribution in [0.2, 0.25) is 0 Å². The summed E-state index contributed by atoms with van der Waals surface area (Å²) in [5.74, 6) is 0.877. The van der Waals surface area contributed by atoms with Gasteiger partial charge in [-0.15, -0.1) is 24.8 Å². The van der Waals surface area contributed by atoms with Crippen molar-refractivity contribution in [1.29, 1.82) is 0 Å². The predicted molar refractivity (Wildman–Crippen MR) is 87.1 cm³/mol. The summed E-state index contributed by atoms with van der Waals surface area (Å²) in [6.07, 6.45) is 2.89. The van der Waals surface area contributed by atoms with Gasteiger partial charge in [-0.25, -0.2) is 0 Å². The summed E-state index contributed by atoms with van der Waals surface area (Å²) in [5.41, 5.74) is 0. The molecule has 7 heteroatoms. The number of rotatable bonds is 9. The van der Waals surface area contributed by atoms with Crippen molar-refractivity contribution in [3.05, 3.63) is 0 Å². The van der Waals surface area contributed by atoms with Gasteiger partial charge in [0.2, 0.25) is 5.91 Å². The first kappa shape index (κ1) is 22.2. The first-order valence-electron chi connectivity index (χ1n) is 6.87. The second-order valence-electron chi connectivity index (χ2n) is 5.04. The zero-order valence-electron chi connectivity index (χ0n) is 12.5. The number of nitrogens with zero attached hydrogens (tertiary/aromatic N) is 1. The molecule has 0 spiro atoms. The van der Waals surface area contributed by atoms with Gasteiger partial charge in [-0.05, 0) is 38.9 Å². The molecule has 0 aromatic heterocycles. The van der Waals surface area contributed by atoms with E-state index in [1.54, 1.807) is 7.11 Å². The van der Waals surface area contributed by atoms with Crippen LogP contribution in [-0.2, 0) is 9.53 Å². The molecule has 1 aliphatic heterocycles. The second-order valence-corrected chi connectivity index (χ2v) is 5.04. The second kappa shape index (κ2) is 13.9.